The minimum Gasteiger partial charge on any atom is -0.207 e. The molecule has 0 radical (unpaired) electrons. The van der Waals surface area contributed by atoms with Gasteiger partial charge in [0.1, 0.15) is 5.82 Å². The topological polar surface area (TPSA) is 0 Å². The van der Waals surface area contributed by atoms with Crippen LogP contribution in [0.3, 0.4) is 0 Å². The molecule has 0 heterocycles. The number of hydrogen-bond acceptors (Lipinski definition) is 0. The third-order valence-electron chi connectivity index (χ3n) is 1.57. The molecule has 0 amide bonds. The van der Waals surface area contributed by atoms with E-state index in [0.717, 1.165) is 14.7 Å². The molecule has 0 unspecified atom stereocenters. The largest absolute Gasteiger partial charge is 0.207 e. The molecule has 0 atom stereocenters. The first-order chi connectivity index (χ1) is 4.61. The van der Waals surface area contributed by atoms with Crippen LogP contribution in [0.1, 0.15) is 11.1 Å². The number of rotatable bonds is 0. The molecule has 0 spiro atoms. The Morgan fingerprint density at radius 1 is 1.30 bits per heavy atom. The van der Waals surface area contributed by atoms with Crippen molar-refractivity contribution in [2.75, 3.05) is 0 Å². The Labute approximate surface area is 73.6 Å². The van der Waals surface area contributed by atoms with Crippen molar-refractivity contribution >= 4 is 22.6 Å². The van der Waals surface area contributed by atoms with Gasteiger partial charge in [-0.2, -0.15) is 0 Å². The minimum absolute atomic E-state index is 0.107. The summed E-state index contributed by atoms with van der Waals surface area (Å²) in [6.45, 7) is 3.71. The lowest BCUT2D eigenvalue weighted by Gasteiger charge is -2.00. The van der Waals surface area contributed by atoms with Gasteiger partial charge in [-0.05, 0) is 59.7 Å². The predicted molar refractivity (Wildman–Crippen MR) is 48.6 cm³/mol. The maximum atomic E-state index is 12.8. The Morgan fingerprint density at radius 2 is 1.90 bits per heavy atom. The van der Waals surface area contributed by atoms with Crippen molar-refractivity contribution < 1.29 is 4.39 Å². The number of hydrogen-bond donors (Lipinski definition) is 0. The second-order valence-corrected chi connectivity index (χ2v) is 3.58. The molecule has 0 fully saturated rings. The van der Waals surface area contributed by atoms with Crippen LogP contribution >= 0.6 is 22.6 Å². The molecule has 0 aliphatic heterocycles. The molecule has 0 aromatic heterocycles. The van der Waals surface area contributed by atoms with E-state index in [0.29, 0.717) is 0 Å². The Balaban J connectivity index is 3.31. The van der Waals surface area contributed by atoms with Crippen LogP contribution in [0.2, 0.25) is 0 Å². The van der Waals surface area contributed by atoms with Gasteiger partial charge in [-0.25, -0.2) is 4.39 Å². The van der Waals surface area contributed by atoms with E-state index >= 15 is 0 Å². The molecule has 0 aliphatic carbocycles. The first-order valence-electron chi connectivity index (χ1n) is 3.03. The van der Waals surface area contributed by atoms with Crippen molar-refractivity contribution in [2.45, 2.75) is 13.8 Å². The maximum absolute atomic E-state index is 12.8. The van der Waals surface area contributed by atoms with Gasteiger partial charge in [-0.15, -0.1) is 0 Å². The number of aryl methyl sites for hydroxylation is 1. The smallest absolute Gasteiger partial charge is 0.127 e. The lowest BCUT2D eigenvalue weighted by Crippen LogP contribution is -1.87. The van der Waals surface area contributed by atoms with E-state index in [9.17, 15) is 4.39 Å². The molecule has 1 aromatic rings. The van der Waals surface area contributed by atoms with E-state index in [4.69, 9.17) is 0 Å². The molecule has 1 rings (SSSR count). The zero-order chi connectivity index (χ0) is 7.72. The van der Waals surface area contributed by atoms with Crippen molar-refractivity contribution in [3.63, 3.8) is 0 Å². The number of benzene rings is 1. The lowest BCUT2D eigenvalue weighted by atomic mass is 10.1. The van der Waals surface area contributed by atoms with Crippen molar-refractivity contribution in [3.8, 4) is 0 Å². The molecule has 54 valence electrons. The fourth-order valence-electron chi connectivity index (χ4n) is 0.774. The molecule has 0 saturated carbocycles. The second kappa shape index (κ2) is 2.86. The summed E-state index contributed by atoms with van der Waals surface area (Å²) >= 11 is 2.11. The van der Waals surface area contributed by atoms with E-state index in [1.165, 1.54) is 0 Å². The van der Waals surface area contributed by atoms with Crippen molar-refractivity contribution in [1.29, 1.82) is 0 Å². The molecular weight excluding hydrogens is 242 g/mol. The quantitative estimate of drug-likeness (QED) is 0.621. The third kappa shape index (κ3) is 1.48. The zero-order valence-corrected chi connectivity index (χ0v) is 8.07. The molecule has 0 N–H and O–H groups in total. The zero-order valence-electron chi connectivity index (χ0n) is 5.91. The van der Waals surface area contributed by atoms with Crippen molar-refractivity contribution in [3.05, 3.63) is 32.6 Å². The molecule has 0 saturated heterocycles. The summed E-state index contributed by atoms with van der Waals surface area (Å²) in [5, 5.41) is 0. The van der Waals surface area contributed by atoms with Gasteiger partial charge in [0.25, 0.3) is 0 Å². The summed E-state index contributed by atoms with van der Waals surface area (Å²) in [7, 11) is 0. The average Bonchev–Trinajstić information content (AvgIpc) is 1.82. The summed E-state index contributed by atoms with van der Waals surface area (Å²) in [6, 6.07) is 3.52. The highest BCUT2D eigenvalue weighted by Gasteiger charge is 2.00. The third-order valence-corrected chi connectivity index (χ3v) is 2.19. The van der Waals surface area contributed by atoms with Crippen LogP contribution in [0, 0.1) is 23.2 Å². The van der Waals surface area contributed by atoms with E-state index in [1.807, 2.05) is 13.0 Å². The molecule has 0 bridgehead atoms. The summed E-state index contributed by atoms with van der Waals surface area (Å²) in [4.78, 5) is 0. The Hall–Kier alpha value is -0.120. The molecular formula is C8H8FI. The summed E-state index contributed by atoms with van der Waals surface area (Å²) in [6.07, 6.45) is 0. The lowest BCUT2D eigenvalue weighted by molar-refractivity contribution is 0.616. The predicted octanol–water partition coefficient (Wildman–Crippen LogP) is 3.05. The van der Waals surface area contributed by atoms with Crippen molar-refractivity contribution in [1.82, 2.24) is 0 Å². The van der Waals surface area contributed by atoms with E-state index in [1.54, 1.807) is 13.0 Å². The summed E-state index contributed by atoms with van der Waals surface area (Å²) in [5.41, 5.74) is 1.77. The maximum Gasteiger partial charge on any atom is 0.127 e. The average molecular weight is 250 g/mol. The van der Waals surface area contributed by atoms with Gasteiger partial charge in [0, 0.05) is 3.57 Å². The number of halogens is 2. The van der Waals surface area contributed by atoms with Crippen LogP contribution in [0.25, 0.3) is 0 Å². The van der Waals surface area contributed by atoms with Gasteiger partial charge in [-0.1, -0.05) is 0 Å². The second-order valence-electron chi connectivity index (χ2n) is 2.33. The molecule has 0 aliphatic rings. The van der Waals surface area contributed by atoms with E-state index in [2.05, 4.69) is 22.6 Å². The van der Waals surface area contributed by atoms with Crippen LogP contribution in [-0.2, 0) is 0 Å². The van der Waals surface area contributed by atoms with E-state index in [-0.39, 0.29) is 5.82 Å². The first-order valence-corrected chi connectivity index (χ1v) is 4.11. The van der Waals surface area contributed by atoms with Gasteiger partial charge in [0.2, 0.25) is 0 Å². The van der Waals surface area contributed by atoms with Crippen LogP contribution in [-0.4, -0.2) is 0 Å². The van der Waals surface area contributed by atoms with Gasteiger partial charge in [0.15, 0.2) is 0 Å². The van der Waals surface area contributed by atoms with Gasteiger partial charge < -0.3 is 0 Å². The first kappa shape index (κ1) is 7.98. The van der Waals surface area contributed by atoms with Crippen LogP contribution in [0.4, 0.5) is 4.39 Å². The van der Waals surface area contributed by atoms with Gasteiger partial charge in [-0.3, -0.25) is 0 Å². The van der Waals surface area contributed by atoms with Crippen molar-refractivity contribution in [2.24, 2.45) is 0 Å². The highest BCUT2D eigenvalue weighted by molar-refractivity contribution is 14.1. The van der Waals surface area contributed by atoms with E-state index < -0.39 is 0 Å². The Morgan fingerprint density at radius 3 is 2.40 bits per heavy atom. The highest BCUT2D eigenvalue weighted by atomic mass is 127. The monoisotopic (exact) mass is 250 g/mol. The Kier molecular flexibility index (Phi) is 2.28. The van der Waals surface area contributed by atoms with Crippen LogP contribution in [0.15, 0.2) is 12.1 Å². The SMILES string of the molecule is Cc1cc(I)cc(F)c1C. The fourth-order valence-corrected chi connectivity index (χ4v) is 1.51. The molecule has 0 nitrogen and oxygen atoms in total. The normalized spacial score (nSPS) is 10.0. The molecule has 10 heavy (non-hydrogen) atoms. The molecule has 1 aromatic carbocycles. The summed E-state index contributed by atoms with van der Waals surface area (Å²) < 4.78 is 13.8. The fraction of sp³-hybridized carbons (Fsp3) is 0.250. The highest BCUT2D eigenvalue weighted by Crippen LogP contribution is 2.15. The Bertz CT molecular complexity index is 232. The van der Waals surface area contributed by atoms with Crippen LogP contribution < -0.4 is 0 Å². The summed E-state index contributed by atoms with van der Waals surface area (Å²) in [5.74, 6) is -0.107. The molecule has 2 heteroatoms. The van der Waals surface area contributed by atoms with Gasteiger partial charge >= 0.3 is 0 Å². The van der Waals surface area contributed by atoms with Crippen LogP contribution in [0.5, 0.6) is 0 Å². The minimum atomic E-state index is -0.107. The van der Waals surface area contributed by atoms with Gasteiger partial charge in [0.05, 0.1) is 0 Å². The standard InChI is InChI=1S/C8H8FI/c1-5-3-7(10)4-8(9)6(5)2/h3-4H,1-2H3.